The highest BCUT2D eigenvalue weighted by molar-refractivity contribution is 7.79. The molecule has 0 spiro atoms. The summed E-state index contributed by atoms with van der Waals surface area (Å²) in [6.07, 6.45) is -2.69. The summed E-state index contributed by atoms with van der Waals surface area (Å²) >= 11 is -2.56. The summed E-state index contributed by atoms with van der Waals surface area (Å²) in [6, 6.07) is 2.79. The van der Waals surface area contributed by atoms with Gasteiger partial charge >= 0.3 is 6.18 Å². The second kappa shape index (κ2) is 6.46. The lowest BCUT2D eigenvalue weighted by molar-refractivity contribution is -0.142. The Balaban J connectivity index is 2.18. The molecule has 23 heavy (non-hydrogen) atoms. The van der Waals surface area contributed by atoms with Crippen molar-refractivity contribution in [2.45, 2.75) is 17.6 Å². The van der Waals surface area contributed by atoms with Gasteiger partial charge in [0.2, 0.25) is 0 Å². The number of nitrogens with zero attached hydrogens (tertiary/aromatic N) is 2. The molecular formula is C12H9F4N3O3S. The molecule has 0 fully saturated rings. The van der Waals surface area contributed by atoms with Crippen molar-refractivity contribution in [2.75, 3.05) is 5.32 Å². The van der Waals surface area contributed by atoms with E-state index in [-0.39, 0.29) is 16.1 Å². The average molecular weight is 351 g/mol. The van der Waals surface area contributed by atoms with E-state index in [9.17, 15) is 26.6 Å². The van der Waals surface area contributed by atoms with Crippen LogP contribution in [-0.2, 0) is 17.6 Å². The number of hydrogen-bond acceptors (Lipinski definition) is 3. The van der Waals surface area contributed by atoms with Crippen LogP contribution in [-0.4, -0.2) is 30.6 Å². The summed E-state index contributed by atoms with van der Waals surface area (Å²) in [7, 11) is 0. The van der Waals surface area contributed by atoms with Crippen LogP contribution in [0.25, 0.3) is 0 Å². The van der Waals surface area contributed by atoms with E-state index in [1.54, 1.807) is 0 Å². The number of carbonyl (C=O) groups is 1. The highest BCUT2D eigenvalue weighted by Gasteiger charge is 2.28. The van der Waals surface area contributed by atoms with Crippen LogP contribution in [0.3, 0.4) is 0 Å². The number of benzene rings is 1. The summed E-state index contributed by atoms with van der Waals surface area (Å²) in [5.74, 6) is -1.63. The maximum absolute atomic E-state index is 13.1. The van der Waals surface area contributed by atoms with Crippen LogP contribution in [0.15, 0.2) is 35.5 Å². The monoisotopic (exact) mass is 351 g/mol. The number of hydrogen-bond donors (Lipinski definition) is 2. The lowest BCUT2D eigenvalue weighted by Gasteiger charge is -2.08. The van der Waals surface area contributed by atoms with E-state index in [2.05, 4.69) is 10.4 Å². The van der Waals surface area contributed by atoms with Gasteiger partial charge in [-0.3, -0.25) is 9.48 Å². The number of rotatable bonds is 4. The molecule has 0 saturated heterocycles. The fraction of sp³-hybridized carbons (Fsp3) is 0.167. The normalized spacial score (nSPS) is 12.9. The van der Waals surface area contributed by atoms with Gasteiger partial charge in [-0.2, -0.15) is 18.3 Å². The fourth-order valence-electron chi connectivity index (χ4n) is 1.69. The van der Waals surface area contributed by atoms with Gasteiger partial charge in [-0.05, 0) is 18.2 Å². The highest BCUT2D eigenvalue weighted by Crippen LogP contribution is 2.21. The zero-order chi connectivity index (χ0) is 17.2. The Morgan fingerprint density at radius 2 is 2.09 bits per heavy atom. The summed E-state index contributed by atoms with van der Waals surface area (Å²) in [5.41, 5.74) is -0.325. The summed E-state index contributed by atoms with van der Waals surface area (Å²) in [5, 5.41) is 5.62. The number of halogens is 4. The quantitative estimate of drug-likeness (QED) is 0.654. The molecule has 0 aliphatic heterocycles. The van der Waals surface area contributed by atoms with E-state index in [1.165, 1.54) is 0 Å². The first-order chi connectivity index (χ1) is 10.7. The highest BCUT2D eigenvalue weighted by atomic mass is 32.2. The number of aromatic nitrogens is 2. The molecule has 1 unspecified atom stereocenters. The number of amides is 1. The second-order valence-electron chi connectivity index (χ2n) is 4.39. The van der Waals surface area contributed by atoms with Gasteiger partial charge in [0.25, 0.3) is 5.91 Å². The molecule has 11 heteroatoms. The van der Waals surface area contributed by atoms with Gasteiger partial charge in [-0.1, -0.05) is 0 Å². The van der Waals surface area contributed by atoms with Crippen molar-refractivity contribution in [1.82, 2.24) is 9.78 Å². The minimum absolute atomic E-state index is 0.138. The number of carbonyl (C=O) groups excluding carboxylic acids is 1. The molecule has 2 aromatic rings. The Morgan fingerprint density at radius 3 is 2.70 bits per heavy atom. The number of nitrogens with one attached hydrogen (secondary N) is 1. The molecule has 0 aliphatic rings. The third-order valence-electron chi connectivity index (χ3n) is 2.62. The van der Waals surface area contributed by atoms with Crippen molar-refractivity contribution in [3.05, 3.63) is 42.0 Å². The Morgan fingerprint density at radius 1 is 1.39 bits per heavy atom. The smallest absolute Gasteiger partial charge is 0.321 e. The standard InChI is InChI=1S/C12H9F4N3O3S/c13-8-1-2-9(10(3-8)23(21)22)18-11(20)7-4-17-19(5-7)6-12(14,15)16/h1-5H,6H2,(H,18,20)(H,21,22). The van der Waals surface area contributed by atoms with Gasteiger partial charge < -0.3 is 9.87 Å². The number of alkyl halides is 3. The average Bonchev–Trinajstić information content (AvgIpc) is 2.86. The molecule has 2 N–H and O–H groups in total. The van der Waals surface area contributed by atoms with Crippen molar-refractivity contribution in [3.8, 4) is 0 Å². The predicted molar refractivity (Wildman–Crippen MR) is 71.7 cm³/mol. The molecule has 1 amide bonds. The minimum atomic E-state index is -4.49. The van der Waals surface area contributed by atoms with Crippen molar-refractivity contribution >= 4 is 22.7 Å². The van der Waals surface area contributed by atoms with Crippen LogP contribution in [0.1, 0.15) is 10.4 Å². The van der Waals surface area contributed by atoms with Crippen LogP contribution in [0.4, 0.5) is 23.2 Å². The lowest BCUT2D eigenvalue weighted by Crippen LogP contribution is -2.18. The van der Waals surface area contributed by atoms with Gasteiger partial charge in [0, 0.05) is 6.20 Å². The molecule has 1 atom stereocenters. The van der Waals surface area contributed by atoms with E-state index in [1.807, 2.05) is 0 Å². The van der Waals surface area contributed by atoms with Crippen molar-refractivity contribution in [1.29, 1.82) is 0 Å². The van der Waals surface area contributed by atoms with Gasteiger partial charge in [0.05, 0.1) is 22.3 Å². The van der Waals surface area contributed by atoms with Crippen LogP contribution in [0, 0.1) is 5.82 Å². The Labute approximate surface area is 129 Å². The van der Waals surface area contributed by atoms with Crippen molar-refractivity contribution < 1.29 is 31.1 Å². The van der Waals surface area contributed by atoms with E-state index in [0.29, 0.717) is 4.68 Å². The van der Waals surface area contributed by atoms with Crippen molar-refractivity contribution in [3.63, 3.8) is 0 Å². The second-order valence-corrected chi connectivity index (χ2v) is 5.32. The van der Waals surface area contributed by atoms with Gasteiger partial charge in [-0.15, -0.1) is 0 Å². The van der Waals surface area contributed by atoms with E-state index in [0.717, 1.165) is 30.6 Å². The predicted octanol–water partition coefficient (Wildman–Crippen LogP) is 2.42. The largest absolute Gasteiger partial charge is 0.408 e. The van der Waals surface area contributed by atoms with E-state index in [4.69, 9.17) is 4.55 Å². The summed E-state index contributed by atoms with van der Waals surface area (Å²) in [6.45, 7) is -1.36. The SMILES string of the molecule is O=C(Nc1ccc(F)cc1S(=O)O)c1cnn(CC(F)(F)F)c1. The third kappa shape index (κ3) is 4.60. The molecule has 2 rings (SSSR count). The topological polar surface area (TPSA) is 84.2 Å². The Hall–Kier alpha value is -2.27. The zero-order valence-corrected chi connectivity index (χ0v) is 12.0. The molecule has 0 saturated carbocycles. The summed E-state index contributed by atoms with van der Waals surface area (Å²) in [4.78, 5) is 11.6. The van der Waals surface area contributed by atoms with E-state index < -0.39 is 35.5 Å². The van der Waals surface area contributed by atoms with Crippen LogP contribution < -0.4 is 5.32 Å². The maximum Gasteiger partial charge on any atom is 0.408 e. The van der Waals surface area contributed by atoms with Gasteiger partial charge in [0.1, 0.15) is 12.4 Å². The molecular weight excluding hydrogens is 342 g/mol. The number of anilines is 1. The van der Waals surface area contributed by atoms with Crippen molar-refractivity contribution in [2.24, 2.45) is 0 Å². The van der Waals surface area contributed by atoms with Crippen LogP contribution in [0.5, 0.6) is 0 Å². The fourth-order valence-corrected chi connectivity index (χ4v) is 2.21. The van der Waals surface area contributed by atoms with Crippen LogP contribution >= 0.6 is 0 Å². The van der Waals surface area contributed by atoms with Gasteiger partial charge in [-0.25, -0.2) is 8.60 Å². The molecule has 1 heterocycles. The molecule has 0 aliphatic carbocycles. The molecule has 1 aromatic carbocycles. The Kier molecular flexibility index (Phi) is 4.80. The van der Waals surface area contributed by atoms with Gasteiger partial charge in [0.15, 0.2) is 11.1 Å². The lowest BCUT2D eigenvalue weighted by atomic mass is 10.2. The van der Waals surface area contributed by atoms with Crippen LogP contribution in [0.2, 0.25) is 0 Å². The first kappa shape index (κ1) is 17.1. The minimum Gasteiger partial charge on any atom is -0.321 e. The maximum atomic E-state index is 13.1. The Bertz CT molecular complexity index is 760. The van der Waals surface area contributed by atoms with E-state index >= 15 is 0 Å². The third-order valence-corrected chi connectivity index (χ3v) is 3.33. The molecule has 6 nitrogen and oxygen atoms in total. The first-order valence-electron chi connectivity index (χ1n) is 5.96. The molecule has 1 aromatic heterocycles. The molecule has 0 bridgehead atoms. The first-order valence-corrected chi connectivity index (χ1v) is 7.07. The molecule has 124 valence electrons. The molecule has 0 radical (unpaired) electrons. The zero-order valence-electron chi connectivity index (χ0n) is 11.2. The summed E-state index contributed by atoms with van der Waals surface area (Å²) < 4.78 is 70.4.